The summed E-state index contributed by atoms with van der Waals surface area (Å²) in [5.74, 6) is -3.22. The highest BCUT2D eigenvalue weighted by Crippen LogP contribution is 2.11. The van der Waals surface area contributed by atoms with Crippen LogP contribution in [0.4, 0.5) is 0 Å². The molecule has 2 aromatic rings. The van der Waals surface area contributed by atoms with Crippen LogP contribution >= 0.6 is 0 Å². The molecule has 0 radical (unpaired) electrons. The van der Waals surface area contributed by atoms with Gasteiger partial charge in [-0.2, -0.15) is 0 Å². The zero-order chi connectivity index (χ0) is 19.5. The molecular weight excluding hydrogens is 380 g/mol. The molecule has 0 saturated carbocycles. The lowest BCUT2D eigenvalue weighted by molar-refractivity contribution is -0.137. The number of benzene rings is 2. The third kappa shape index (κ3) is 4.67. The van der Waals surface area contributed by atoms with Crippen molar-refractivity contribution in [3.8, 4) is 0 Å². The minimum Gasteiger partial charge on any atom is -0.262 e. The van der Waals surface area contributed by atoms with Crippen LogP contribution in [0.5, 0.6) is 0 Å². The summed E-state index contributed by atoms with van der Waals surface area (Å²) < 4.78 is 51.3. The fourth-order valence-electron chi connectivity index (χ4n) is 1.89. The Morgan fingerprint density at radius 3 is 1.15 bits per heavy atom. The summed E-state index contributed by atoms with van der Waals surface area (Å²) in [5, 5.41) is 0. The predicted molar refractivity (Wildman–Crippen MR) is 93.0 cm³/mol. The minimum absolute atomic E-state index is 0.231. The van der Waals surface area contributed by atoms with Gasteiger partial charge in [0.05, 0.1) is 9.79 Å². The summed E-state index contributed by atoms with van der Waals surface area (Å²) in [5.41, 5.74) is 1.61. The molecule has 8 nitrogen and oxygen atoms in total. The zero-order valence-corrected chi connectivity index (χ0v) is 15.5. The highest BCUT2D eigenvalue weighted by Gasteiger charge is 2.26. The van der Waals surface area contributed by atoms with Gasteiger partial charge in [0, 0.05) is 0 Å². The van der Waals surface area contributed by atoms with E-state index in [1.807, 2.05) is 0 Å². The maximum absolute atomic E-state index is 12.1. The Morgan fingerprint density at radius 2 is 0.885 bits per heavy atom. The Bertz CT molecular complexity index is 953. The largest absolute Gasteiger partial charge is 0.324 e. The van der Waals surface area contributed by atoms with Crippen molar-refractivity contribution >= 4 is 31.9 Å². The number of carbonyl (C=O) groups is 2. The first-order valence-corrected chi connectivity index (χ1v) is 10.3. The maximum atomic E-state index is 12.1. The standard InChI is InChI=1S/C16H16N2O6S2/c1-11-3-7-13(8-4-11)25(21,22)17-15(19)16(20)18-26(23,24)14-9-5-12(2)6-10-14/h3-10H,1-2H3,(H,17,19)(H,18,20). The number of carbonyl (C=O) groups excluding carboxylic acids is 2. The van der Waals surface area contributed by atoms with E-state index in [1.165, 1.54) is 58.0 Å². The Hall–Kier alpha value is -2.72. The van der Waals surface area contributed by atoms with Gasteiger partial charge in [0.25, 0.3) is 20.0 Å². The summed E-state index contributed by atoms with van der Waals surface area (Å²) in [6, 6.07) is 11.1. The molecule has 0 aliphatic carbocycles. The van der Waals surface area contributed by atoms with Crippen LogP contribution in [0.25, 0.3) is 0 Å². The van der Waals surface area contributed by atoms with Gasteiger partial charge in [0.1, 0.15) is 0 Å². The van der Waals surface area contributed by atoms with Crippen LogP contribution in [-0.4, -0.2) is 28.6 Å². The SMILES string of the molecule is Cc1ccc(S(=O)(=O)NC(=O)C(=O)NS(=O)(=O)c2ccc(C)cc2)cc1. The molecule has 0 aromatic heterocycles. The lowest BCUT2D eigenvalue weighted by Crippen LogP contribution is -2.44. The molecule has 0 unspecified atom stereocenters. The van der Waals surface area contributed by atoms with Gasteiger partial charge in [-0.3, -0.25) is 9.59 Å². The first-order valence-electron chi connectivity index (χ1n) is 7.28. The summed E-state index contributed by atoms with van der Waals surface area (Å²) in [4.78, 5) is 23.1. The molecule has 0 heterocycles. The van der Waals surface area contributed by atoms with Crippen LogP contribution in [-0.2, 0) is 29.6 Å². The van der Waals surface area contributed by atoms with Gasteiger partial charge in [-0.05, 0) is 38.1 Å². The van der Waals surface area contributed by atoms with Crippen molar-refractivity contribution in [2.75, 3.05) is 0 Å². The van der Waals surface area contributed by atoms with Crippen LogP contribution in [0.3, 0.4) is 0 Å². The Balaban J connectivity index is 2.13. The normalized spacial score (nSPS) is 11.6. The van der Waals surface area contributed by atoms with Crippen LogP contribution in [0.15, 0.2) is 58.3 Å². The van der Waals surface area contributed by atoms with Crippen molar-refractivity contribution in [3.63, 3.8) is 0 Å². The van der Waals surface area contributed by atoms with Crippen molar-refractivity contribution in [1.82, 2.24) is 9.44 Å². The molecule has 0 aliphatic rings. The highest BCUT2D eigenvalue weighted by molar-refractivity contribution is 7.91. The molecule has 2 N–H and O–H groups in total. The van der Waals surface area contributed by atoms with E-state index in [2.05, 4.69) is 0 Å². The lowest BCUT2D eigenvalue weighted by Gasteiger charge is -2.09. The summed E-state index contributed by atoms with van der Waals surface area (Å²) in [6.07, 6.45) is 0. The number of rotatable bonds is 4. The van der Waals surface area contributed by atoms with Crippen molar-refractivity contribution in [3.05, 3.63) is 59.7 Å². The fourth-order valence-corrected chi connectivity index (χ4v) is 3.79. The zero-order valence-electron chi connectivity index (χ0n) is 13.9. The molecule has 0 atom stereocenters. The van der Waals surface area contributed by atoms with E-state index >= 15 is 0 Å². The lowest BCUT2D eigenvalue weighted by atomic mass is 10.2. The van der Waals surface area contributed by atoms with Gasteiger partial charge in [-0.15, -0.1) is 0 Å². The average molecular weight is 396 g/mol. The average Bonchev–Trinajstić information content (AvgIpc) is 2.54. The smallest absolute Gasteiger partial charge is 0.262 e. The van der Waals surface area contributed by atoms with Crippen molar-refractivity contribution in [2.24, 2.45) is 0 Å². The number of nitrogens with one attached hydrogen (secondary N) is 2. The van der Waals surface area contributed by atoms with Crippen molar-refractivity contribution in [2.45, 2.75) is 23.6 Å². The third-order valence-corrected chi connectivity index (χ3v) is 6.02. The fraction of sp³-hybridized carbons (Fsp3) is 0.125. The van der Waals surface area contributed by atoms with Gasteiger partial charge in [-0.25, -0.2) is 26.3 Å². The second-order valence-electron chi connectivity index (χ2n) is 5.50. The van der Waals surface area contributed by atoms with Gasteiger partial charge in [-0.1, -0.05) is 35.4 Å². The molecule has 2 rings (SSSR count). The van der Waals surface area contributed by atoms with E-state index in [0.29, 0.717) is 0 Å². The number of hydrogen-bond donors (Lipinski definition) is 2. The van der Waals surface area contributed by atoms with E-state index in [4.69, 9.17) is 0 Å². The van der Waals surface area contributed by atoms with Gasteiger partial charge < -0.3 is 0 Å². The first kappa shape index (κ1) is 19.6. The molecule has 26 heavy (non-hydrogen) atoms. The molecule has 0 bridgehead atoms. The van der Waals surface area contributed by atoms with Crippen molar-refractivity contribution < 1.29 is 26.4 Å². The molecule has 138 valence electrons. The molecule has 10 heteroatoms. The van der Waals surface area contributed by atoms with Crippen LogP contribution < -0.4 is 9.44 Å². The van der Waals surface area contributed by atoms with Crippen LogP contribution in [0.1, 0.15) is 11.1 Å². The molecule has 0 saturated heterocycles. The second kappa shape index (κ2) is 7.26. The number of hydrogen-bond acceptors (Lipinski definition) is 6. The first-order chi connectivity index (χ1) is 12.0. The summed E-state index contributed by atoms with van der Waals surface area (Å²) in [7, 11) is -8.60. The molecule has 0 fully saturated rings. The van der Waals surface area contributed by atoms with Gasteiger partial charge in [0.2, 0.25) is 0 Å². The van der Waals surface area contributed by atoms with Crippen LogP contribution in [0.2, 0.25) is 0 Å². The Morgan fingerprint density at radius 1 is 0.615 bits per heavy atom. The number of aryl methyl sites for hydroxylation is 2. The summed E-state index contributed by atoms with van der Waals surface area (Å²) in [6.45, 7) is 3.50. The predicted octanol–water partition coefficient (Wildman–Crippen LogP) is 0.613. The highest BCUT2D eigenvalue weighted by atomic mass is 32.2. The van der Waals surface area contributed by atoms with E-state index in [0.717, 1.165) is 11.1 Å². The second-order valence-corrected chi connectivity index (χ2v) is 8.86. The van der Waals surface area contributed by atoms with E-state index < -0.39 is 31.9 Å². The summed E-state index contributed by atoms with van der Waals surface area (Å²) >= 11 is 0. The van der Waals surface area contributed by atoms with Gasteiger partial charge in [0.15, 0.2) is 0 Å². The molecule has 0 aliphatic heterocycles. The van der Waals surface area contributed by atoms with Gasteiger partial charge >= 0.3 is 11.8 Å². The molecule has 0 spiro atoms. The monoisotopic (exact) mass is 396 g/mol. The van der Waals surface area contributed by atoms with E-state index in [1.54, 1.807) is 13.8 Å². The van der Waals surface area contributed by atoms with Crippen LogP contribution in [0, 0.1) is 13.8 Å². The topological polar surface area (TPSA) is 126 Å². The quantitative estimate of drug-likeness (QED) is 0.729. The Labute approximate surface area is 151 Å². The minimum atomic E-state index is -4.30. The number of amides is 2. The number of sulfonamides is 2. The molecule has 2 amide bonds. The van der Waals surface area contributed by atoms with E-state index in [9.17, 15) is 26.4 Å². The molecular formula is C16H16N2O6S2. The van der Waals surface area contributed by atoms with E-state index in [-0.39, 0.29) is 9.79 Å². The van der Waals surface area contributed by atoms with Crippen molar-refractivity contribution in [1.29, 1.82) is 0 Å². The Kier molecular flexibility index (Phi) is 5.47. The maximum Gasteiger partial charge on any atom is 0.324 e. The third-order valence-electron chi connectivity index (χ3n) is 3.32. The molecule has 2 aromatic carbocycles.